The second-order valence-corrected chi connectivity index (χ2v) is 15.0. The summed E-state index contributed by atoms with van der Waals surface area (Å²) >= 11 is 0. The van der Waals surface area contributed by atoms with Gasteiger partial charge in [0.15, 0.2) is 0 Å². The molecule has 0 saturated carbocycles. The summed E-state index contributed by atoms with van der Waals surface area (Å²) in [5.74, 6) is 3.88. The van der Waals surface area contributed by atoms with E-state index in [4.69, 9.17) is 14.4 Å². The quantitative estimate of drug-likeness (QED) is 0.0898. The maximum atomic E-state index is 6.08. The third-order valence-corrected chi connectivity index (χ3v) is 10.9. The molecule has 2 aromatic rings. The molecule has 228 valence electrons. The zero-order valence-electron chi connectivity index (χ0n) is 27.3. The van der Waals surface area contributed by atoms with E-state index >= 15 is 0 Å². The Kier molecular flexibility index (Phi) is 19.2. The fraction of sp³-hybridized carbons (Fsp3) is 0.743. The van der Waals surface area contributed by atoms with E-state index < -0.39 is 0 Å². The summed E-state index contributed by atoms with van der Waals surface area (Å²) in [4.78, 5) is 14.0. The molecule has 41 heavy (non-hydrogen) atoms. The summed E-state index contributed by atoms with van der Waals surface area (Å²) in [6, 6.07) is 6.43. The van der Waals surface area contributed by atoms with Gasteiger partial charge in [-0.2, -0.15) is 0 Å². The van der Waals surface area contributed by atoms with Crippen molar-refractivity contribution in [3.8, 4) is 17.1 Å². The predicted molar refractivity (Wildman–Crippen MR) is 179 cm³/mol. The van der Waals surface area contributed by atoms with Crippen molar-refractivity contribution < 1.29 is 4.43 Å². The van der Waals surface area contributed by atoms with E-state index in [2.05, 4.69) is 52.6 Å². The van der Waals surface area contributed by atoms with Crippen molar-refractivity contribution in [1.82, 2.24) is 15.0 Å². The van der Waals surface area contributed by atoms with Gasteiger partial charge in [-0.15, -0.1) is 0 Å². The Morgan fingerprint density at radius 1 is 0.732 bits per heavy atom. The van der Waals surface area contributed by atoms with Crippen molar-refractivity contribution >= 4 is 24.6 Å². The summed E-state index contributed by atoms with van der Waals surface area (Å²) in [5.41, 5.74) is 1.98. The van der Waals surface area contributed by atoms with Gasteiger partial charge in [0.05, 0.1) is 18.1 Å². The van der Waals surface area contributed by atoms with Gasteiger partial charge >= 0.3 is 9.76 Å². The molecule has 4 unspecified atom stereocenters. The Morgan fingerprint density at radius 2 is 1.37 bits per heavy atom. The first-order chi connectivity index (χ1) is 19.9. The lowest BCUT2D eigenvalue weighted by Crippen LogP contribution is -2.21. The fourth-order valence-corrected chi connectivity index (χ4v) is 7.38. The molecule has 0 bridgehead atoms. The van der Waals surface area contributed by atoms with Crippen LogP contribution in [0.15, 0.2) is 30.7 Å². The minimum Gasteiger partial charge on any atom is -0.527 e. The number of rotatable bonds is 24. The molecular weight excluding hydrogens is 535 g/mol. The molecule has 0 N–H and O–H groups in total. The number of aromatic nitrogens is 3. The Hall–Kier alpha value is -1.54. The summed E-state index contributed by atoms with van der Waals surface area (Å²) in [6.45, 7) is 14.2. The van der Waals surface area contributed by atoms with Crippen LogP contribution in [0.2, 0.25) is 12.1 Å². The normalized spacial score (nSPS) is 14.5. The fourth-order valence-electron chi connectivity index (χ4n) is 5.33. The highest BCUT2D eigenvalue weighted by atomic mass is 28.2. The molecule has 0 saturated heterocycles. The van der Waals surface area contributed by atoms with Crippen molar-refractivity contribution in [1.29, 1.82) is 0 Å². The van der Waals surface area contributed by atoms with Gasteiger partial charge in [-0.3, -0.25) is 9.97 Å². The third kappa shape index (κ3) is 16.0. The predicted octanol–water partition coefficient (Wildman–Crippen LogP) is 9.75. The molecule has 2 rings (SSSR count). The topological polar surface area (TPSA) is 47.9 Å². The molecule has 0 aliphatic carbocycles. The van der Waals surface area contributed by atoms with Gasteiger partial charge in [-0.05, 0) is 41.8 Å². The molecular formula is C35H59N3OSi2. The van der Waals surface area contributed by atoms with Crippen LogP contribution in [0.4, 0.5) is 0 Å². The van der Waals surface area contributed by atoms with Crippen LogP contribution < -0.4 is 9.74 Å². The van der Waals surface area contributed by atoms with Gasteiger partial charge in [-0.1, -0.05) is 137 Å². The minimum absolute atomic E-state index is 0.424. The lowest BCUT2D eigenvalue weighted by atomic mass is 9.91. The number of pyridine rings is 1. The van der Waals surface area contributed by atoms with Crippen LogP contribution in [0, 0.1) is 23.7 Å². The van der Waals surface area contributed by atoms with Crippen LogP contribution in [-0.4, -0.2) is 34.2 Å². The summed E-state index contributed by atoms with van der Waals surface area (Å²) < 4.78 is 6.08. The minimum atomic E-state index is 0.424. The highest BCUT2D eigenvalue weighted by Gasteiger charge is 2.13. The van der Waals surface area contributed by atoms with Crippen LogP contribution in [0.1, 0.15) is 131 Å². The van der Waals surface area contributed by atoms with Crippen molar-refractivity contribution in [2.45, 2.75) is 144 Å². The zero-order chi connectivity index (χ0) is 29.7. The molecule has 0 aliphatic heterocycles. The van der Waals surface area contributed by atoms with Crippen LogP contribution in [0.5, 0.6) is 5.88 Å². The lowest BCUT2D eigenvalue weighted by molar-refractivity contribution is 0.382. The SMILES string of the molecule is CCCCCC(C)CCC(C)CCCC[Si]c1ncccc1-c1cncc(O[Si]CC(C)CCC(C)CCCC)n1. The molecule has 0 aromatic carbocycles. The van der Waals surface area contributed by atoms with E-state index in [1.807, 2.05) is 18.5 Å². The monoisotopic (exact) mass is 593 g/mol. The Bertz CT molecular complexity index is 928. The number of hydrogen-bond donors (Lipinski definition) is 0. The summed E-state index contributed by atoms with van der Waals surface area (Å²) in [6.07, 6.45) is 24.4. The van der Waals surface area contributed by atoms with Gasteiger partial charge in [-0.25, -0.2) is 4.98 Å². The van der Waals surface area contributed by atoms with Crippen LogP contribution >= 0.6 is 0 Å². The maximum absolute atomic E-state index is 6.08. The third-order valence-electron chi connectivity index (χ3n) is 8.38. The lowest BCUT2D eigenvalue weighted by Gasteiger charge is -2.15. The Morgan fingerprint density at radius 3 is 2.05 bits per heavy atom. The molecule has 0 fully saturated rings. The highest BCUT2D eigenvalue weighted by Crippen LogP contribution is 2.23. The Labute approximate surface area is 258 Å². The van der Waals surface area contributed by atoms with E-state index in [1.54, 1.807) is 6.20 Å². The van der Waals surface area contributed by atoms with Gasteiger partial charge in [0.25, 0.3) is 0 Å². The van der Waals surface area contributed by atoms with Crippen LogP contribution in [0.25, 0.3) is 11.3 Å². The molecule has 4 atom stereocenters. The Balaban J connectivity index is 1.73. The van der Waals surface area contributed by atoms with Gasteiger partial charge in [0, 0.05) is 17.1 Å². The summed E-state index contributed by atoms with van der Waals surface area (Å²) in [5, 5.41) is 1.15. The largest absolute Gasteiger partial charge is 0.527 e. The van der Waals surface area contributed by atoms with E-state index in [9.17, 15) is 0 Å². The van der Waals surface area contributed by atoms with Gasteiger partial charge in [0.2, 0.25) is 5.88 Å². The van der Waals surface area contributed by atoms with Crippen LogP contribution in [-0.2, 0) is 0 Å². The van der Waals surface area contributed by atoms with Gasteiger partial charge < -0.3 is 4.43 Å². The maximum Gasteiger partial charge on any atom is 0.313 e. The van der Waals surface area contributed by atoms with Crippen molar-refractivity contribution in [3.63, 3.8) is 0 Å². The average molecular weight is 594 g/mol. The van der Waals surface area contributed by atoms with E-state index in [0.717, 1.165) is 40.4 Å². The second kappa shape index (κ2) is 22.1. The number of hydrogen-bond acceptors (Lipinski definition) is 4. The zero-order valence-corrected chi connectivity index (χ0v) is 29.3. The van der Waals surface area contributed by atoms with E-state index in [1.165, 1.54) is 95.9 Å². The first-order valence-corrected chi connectivity index (χ1v) is 19.2. The van der Waals surface area contributed by atoms with Gasteiger partial charge in [0.1, 0.15) is 9.52 Å². The molecule has 6 heteroatoms. The molecule has 4 nitrogen and oxygen atoms in total. The van der Waals surface area contributed by atoms with E-state index in [-0.39, 0.29) is 0 Å². The molecule has 2 heterocycles. The van der Waals surface area contributed by atoms with Crippen LogP contribution in [0.3, 0.4) is 0 Å². The molecule has 4 radical (unpaired) electrons. The summed E-state index contributed by atoms with van der Waals surface area (Å²) in [7, 11) is 1.13. The second-order valence-electron chi connectivity index (χ2n) is 12.7. The number of unbranched alkanes of at least 4 members (excludes halogenated alkanes) is 4. The molecule has 0 aliphatic rings. The smallest absolute Gasteiger partial charge is 0.313 e. The molecule has 0 amide bonds. The average Bonchev–Trinajstić information content (AvgIpc) is 2.98. The number of nitrogens with zero attached hydrogens (tertiary/aromatic N) is 3. The highest BCUT2D eigenvalue weighted by molar-refractivity contribution is 6.54. The molecule has 2 aromatic heterocycles. The van der Waals surface area contributed by atoms with Crippen molar-refractivity contribution in [2.24, 2.45) is 23.7 Å². The standard InChI is InChI=1S/C35H59N3OSi2/c1-7-9-11-16-29(4)19-20-30(5)17-12-13-24-40-35-32(18-14-23-37-35)33-25-36-26-34(38-33)39-41-27-31(6)22-21-28(3)15-10-8-2/h14,18,23,25-26,28-31H,7-13,15-17,19-22,24,27H2,1-6H3. The molecule has 0 spiro atoms. The first-order valence-electron chi connectivity index (χ1n) is 16.8. The van der Waals surface area contributed by atoms with Crippen molar-refractivity contribution in [3.05, 3.63) is 30.7 Å². The first kappa shape index (κ1) is 35.7. The van der Waals surface area contributed by atoms with E-state index in [0.29, 0.717) is 31.1 Å². The van der Waals surface area contributed by atoms with Crippen molar-refractivity contribution in [2.75, 3.05) is 0 Å².